The van der Waals surface area contributed by atoms with E-state index >= 15 is 0 Å². The van der Waals surface area contributed by atoms with Crippen molar-refractivity contribution in [1.29, 1.82) is 0 Å². The second kappa shape index (κ2) is 6.17. The number of ether oxygens (including phenoxy) is 2. The van der Waals surface area contributed by atoms with Crippen LogP contribution in [0, 0.1) is 0 Å². The molecule has 0 unspecified atom stereocenters. The van der Waals surface area contributed by atoms with Crippen LogP contribution in [0.25, 0.3) is 0 Å². The van der Waals surface area contributed by atoms with E-state index in [0.29, 0.717) is 30.5 Å². The molecule has 0 saturated carbocycles. The standard InChI is InChI=1S/C11H15BrN2O4S/c1-17-11-10(6-8(12)7-13-11)19(15,16)14-9-2-4-18-5-3-9/h6-7,9,14H,2-5H2,1H3. The molecule has 2 rings (SSSR count). The number of nitrogens with zero attached hydrogens (tertiary/aromatic N) is 1. The number of nitrogens with one attached hydrogen (secondary N) is 1. The zero-order valence-electron chi connectivity index (χ0n) is 10.4. The van der Waals surface area contributed by atoms with E-state index in [4.69, 9.17) is 9.47 Å². The van der Waals surface area contributed by atoms with E-state index in [9.17, 15) is 8.42 Å². The van der Waals surface area contributed by atoms with Gasteiger partial charge in [-0.1, -0.05) is 0 Å². The third-order valence-corrected chi connectivity index (χ3v) is 4.76. The van der Waals surface area contributed by atoms with Gasteiger partial charge in [0.15, 0.2) is 0 Å². The van der Waals surface area contributed by atoms with Crippen molar-refractivity contribution in [3.63, 3.8) is 0 Å². The van der Waals surface area contributed by atoms with Gasteiger partial charge in [0.25, 0.3) is 0 Å². The molecule has 0 bridgehead atoms. The molecule has 1 fully saturated rings. The Labute approximate surface area is 120 Å². The van der Waals surface area contributed by atoms with Gasteiger partial charge >= 0.3 is 0 Å². The number of pyridine rings is 1. The number of sulfonamides is 1. The molecule has 1 aliphatic heterocycles. The van der Waals surface area contributed by atoms with Gasteiger partial charge in [0.1, 0.15) is 4.90 Å². The summed E-state index contributed by atoms with van der Waals surface area (Å²) in [6.07, 6.45) is 2.83. The van der Waals surface area contributed by atoms with Gasteiger partial charge in [0.05, 0.1) is 7.11 Å². The first-order valence-corrected chi connectivity index (χ1v) is 8.10. The lowest BCUT2D eigenvalue weighted by Gasteiger charge is -2.23. The molecular weight excluding hydrogens is 336 g/mol. The largest absolute Gasteiger partial charge is 0.480 e. The van der Waals surface area contributed by atoms with Crippen LogP contribution in [0.15, 0.2) is 21.6 Å². The highest BCUT2D eigenvalue weighted by Gasteiger charge is 2.25. The highest BCUT2D eigenvalue weighted by Crippen LogP contribution is 2.25. The van der Waals surface area contributed by atoms with Gasteiger partial charge < -0.3 is 9.47 Å². The molecule has 1 aromatic heterocycles. The molecule has 106 valence electrons. The Morgan fingerprint density at radius 2 is 2.16 bits per heavy atom. The number of rotatable bonds is 4. The maximum Gasteiger partial charge on any atom is 0.246 e. The van der Waals surface area contributed by atoms with E-state index in [1.807, 2.05) is 0 Å². The van der Waals surface area contributed by atoms with E-state index in [-0.39, 0.29) is 16.8 Å². The summed E-state index contributed by atoms with van der Waals surface area (Å²) in [6, 6.07) is 1.37. The van der Waals surface area contributed by atoms with Crippen LogP contribution in [-0.4, -0.2) is 39.8 Å². The van der Waals surface area contributed by atoms with Crippen molar-refractivity contribution >= 4 is 26.0 Å². The van der Waals surface area contributed by atoms with Gasteiger partial charge in [0, 0.05) is 29.9 Å². The minimum Gasteiger partial charge on any atom is -0.480 e. The predicted octanol–water partition coefficient (Wildman–Crippen LogP) is 1.31. The van der Waals surface area contributed by atoms with Crippen LogP contribution in [-0.2, 0) is 14.8 Å². The number of halogens is 1. The summed E-state index contributed by atoms with van der Waals surface area (Å²) in [6.45, 7) is 1.14. The molecule has 6 nitrogen and oxygen atoms in total. The molecule has 0 aliphatic carbocycles. The molecule has 1 N–H and O–H groups in total. The van der Waals surface area contributed by atoms with Gasteiger partial charge in [-0.25, -0.2) is 18.1 Å². The molecule has 19 heavy (non-hydrogen) atoms. The lowest BCUT2D eigenvalue weighted by molar-refractivity contribution is 0.0832. The molecule has 0 aromatic carbocycles. The van der Waals surface area contributed by atoms with E-state index in [0.717, 1.165) is 0 Å². The van der Waals surface area contributed by atoms with E-state index in [1.54, 1.807) is 0 Å². The Balaban J connectivity index is 2.25. The van der Waals surface area contributed by atoms with Crippen molar-refractivity contribution in [2.45, 2.75) is 23.8 Å². The SMILES string of the molecule is COc1ncc(Br)cc1S(=O)(=O)NC1CCOCC1. The third-order valence-electron chi connectivity index (χ3n) is 2.81. The van der Waals surface area contributed by atoms with Crippen molar-refractivity contribution in [3.05, 3.63) is 16.7 Å². The fourth-order valence-corrected chi connectivity index (χ4v) is 3.78. The zero-order valence-corrected chi connectivity index (χ0v) is 12.8. The fraction of sp³-hybridized carbons (Fsp3) is 0.545. The van der Waals surface area contributed by atoms with Crippen LogP contribution in [0.5, 0.6) is 5.88 Å². The molecule has 0 spiro atoms. The molecule has 0 amide bonds. The van der Waals surface area contributed by atoms with Crippen molar-refractivity contribution in [3.8, 4) is 5.88 Å². The lowest BCUT2D eigenvalue weighted by atomic mass is 10.1. The monoisotopic (exact) mass is 350 g/mol. The zero-order chi connectivity index (χ0) is 13.9. The Morgan fingerprint density at radius 3 is 2.79 bits per heavy atom. The van der Waals surface area contributed by atoms with Gasteiger partial charge in [-0.3, -0.25) is 0 Å². The minimum atomic E-state index is -3.65. The van der Waals surface area contributed by atoms with Crippen LogP contribution in [0.2, 0.25) is 0 Å². The second-order valence-corrected chi connectivity index (χ2v) is 6.77. The number of hydrogen-bond donors (Lipinski definition) is 1. The Bertz CT molecular complexity index is 544. The third kappa shape index (κ3) is 3.65. The van der Waals surface area contributed by atoms with Crippen LogP contribution in [0.3, 0.4) is 0 Å². The topological polar surface area (TPSA) is 77.5 Å². The molecule has 0 atom stereocenters. The fourth-order valence-electron chi connectivity index (χ4n) is 1.85. The summed E-state index contributed by atoms with van der Waals surface area (Å²) >= 11 is 3.21. The first-order chi connectivity index (χ1) is 9.03. The van der Waals surface area contributed by atoms with Gasteiger partial charge in [0.2, 0.25) is 15.9 Å². The van der Waals surface area contributed by atoms with Crippen molar-refractivity contribution in [1.82, 2.24) is 9.71 Å². The highest BCUT2D eigenvalue weighted by atomic mass is 79.9. The van der Waals surface area contributed by atoms with Crippen LogP contribution in [0.1, 0.15) is 12.8 Å². The summed E-state index contributed by atoms with van der Waals surface area (Å²) in [5, 5.41) is 0. The normalized spacial score (nSPS) is 17.4. The number of aromatic nitrogens is 1. The van der Waals surface area contributed by atoms with Crippen LogP contribution in [0.4, 0.5) is 0 Å². The molecule has 1 saturated heterocycles. The van der Waals surface area contributed by atoms with E-state index in [2.05, 4.69) is 25.6 Å². The molecule has 1 aliphatic rings. The van der Waals surface area contributed by atoms with Crippen LogP contribution >= 0.6 is 15.9 Å². The van der Waals surface area contributed by atoms with Crippen molar-refractivity contribution in [2.24, 2.45) is 0 Å². The Kier molecular flexibility index (Phi) is 4.77. The van der Waals surface area contributed by atoms with Gasteiger partial charge in [-0.05, 0) is 34.8 Å². The first-order valence-electron chi connectivity index (χ1n) is 5.82. The first kappa shape index (κ1) is 14.7. The maximum atomic E-state index is 12.3. The van der Waals surface area contributed by atoms with Crippen LogP contribution < -0.4 is 9.46 Å². The Morgan fingerprint density at radius 1 is 1.47 bits per heavy atom. The highest BCUT2D eigenvalue weighted by molar-refractivity contribution is 9.10. The second-order valence-electron chi connectivity index (χ2n) is 4.17. The quantitative estimate of drug-likeness (QED) is 0.885. The van der Waals surface area contributed by atoms with Gasteiger partial charge in [-0.2, -0.15) is 0 Å². The molecule has 2 heterocycles. The van der Waals surface area contributed by atoms with Crippen molar-refractivity contribution < 1.29 is 17.9 Å². The lowest BCUT2D eigenvalue weighted by Crippen LogP contribution is -2.39. The maximum absolute atomic E-state index is 12.3. The van der Waals surface area contributed by atoms with E-state index < -0.39 is 10.0 Å². The molecule has 1 aromatic rings. The smallest absolute Gasteiger partial charge is 0.246 e. The average molecular weight is 351 g/mol. The number of hydrogen-bond acceptors (Lipinski definition) is 5. The predicted molar refractivity (Wildman–Crippen MR) is 72.7 cm³/mol. The van der Waals surface area contributed by atoms with Crippen molar-refractivity contribution in [2.75, 3.05) is 20.3 Å². The molecule has 8 heteroatoms. The average Bonchev–Trinajstić information content (AvgIpc) is 2.39. The summed E-state index contributed by atoms with van der Waals surface area (Å²) < 4.78 is 38.1. The summed E-state index contributed by atoms with van der Waals surface area (Å²) in [7, 11) is -2.26. The Hall–Kier alpha value is -0.700. The molecular formula is C11H15BrN2O4S. The molecule has 0 radical (unpaired) electrons. The summed E-state index contributed by atoms with van der Waals surface area (Å²) in [5.74, 6) is 0.0859. The summed E-state index contributed by atoms with van der Waals surface area (Å²) in [5.41, 5.74) is 0. The minimum absolute atomic E-state index is 0.0378. The summed E-state index contributed by atoms with van der Waals surface area (Å²) in [4.78, 5) is 3.98. The van der Waals surface area contributed by atoms with E-state index in [1.165, 1.54) is 19.4 Å². The number of methoxy groups -OCH3 is 1. The van der Waals surface area contributed by atoms with Gasteiger partial charge in [-0.15, -0.1) is 0 Å².